The van der Waals surface area contributed by atoms with Crippen molar-refractivity contribution < 1.29 is 4.74 Å². The summed E-state index contributed by atoms with van der Waals surface area (Å²) in [7, 11) is 0. The molecule has 1 nitrogen and oxygen atoms in total. The van der Waals surface area contributed by atoms with E-state index < -0.39 is 0 Å². The van der Waals surface area contributed by atoms with Gasteiger partial charge >= 0.3 is 0 Å². The molecule has 1 aromatic rings. The van der Waals surface area contributed by atoms with E-state index in [0.717, 1.165) is 5.75 Å². The lowest BCUT2D eigenvalue weighted by molar-refractivity contribution is 0.361. The number of rotatable bonds is 3. The Morgan fingerprint density at radius 3 is 2.92 bits per heavy atom. The van der Waals surface area contributed by atoms with Gasteiger partial charge in [0.1, 0.15) is 12.4 Å². The molecule has 0 aliphatic heterocycles. The molecule has 0 fully saturated rings. The summed E-state index contributed by atoms with van der Waals surface area (Å²) >= 11 is 0. The summed E-state index contributed by atoms with van der Waals surface area (Å²) in [5.74, 6) is 0.801. The second-order valence-corrected chi connectivity index (χ2v) is 2.82. The van der Waals surface area contributed by atoms with E-state index in [1.807, 2.05) is 30.3 Å². The van der Waals surface area contributed by atoms with Crippen molar-refractivity contribution in [1.29, 1.82) is 0 Å². The lowest BCUT2D eigenvalue weighted by atomic mass is 10.3. The van der Waals surface area contributed by atoms with Crippen molar-refractivity contribution in [1.82, 2.24) is 0 Å². The van der Waals surface area contributed by atoms with Gasteiger partial charge in [0, 0.05) is 6.07 Å². The number of para-hydroxylation sites is 1. The summed E-state index contributed by atoms with van der Waals surface area (Å²) in [6, 6.07) is 10.6. The molecule has 12 heavy (non-hydrogen) atoms. The van der Waals surface area contributed by atoms with Gasteiger partial charge in [-0.15, -0.1) is 0 Å². The van der Waals surface area contributed by atoms with Gasteiger partial charge in [0.2, 0.25) is 0 Å². The molecule has 0 unspecified atom stereocenters. The van der Waals surface area contributed by atoms with Crippen LogP contribution in [-0.4, -0.2) is 6.61 Å². The molecule has 0 atom stereocenters. The van der Waals surface area contributed by atoms with Crippen LogP contribution in [0.25, 0.3) is 0 Å². The Morgan fingerprint density at radius 1 is 1.50 bits per heavy atom. The van der Waals surface area contributed by atoms with Gasteiger partial charge in [-0.2, -0.15) is 0 Å². The summed E-state index contributed by atoms with van der Waals surface area (Å²) in [5.41, 5.74) is 1.27. The smallest absolute Gasteiger partial charge is 0.127 e. The van der Waals surface area contributed by atoms with Crippen molar-refractivity contribution >= 4 is 0 Å². The molecular formula is C11H13O. The monoisotopic (exact) mass is 161 g/mol. The molecule has 1 radical (unpaired) electrons. The molecular weight excluding hydrogens is 148 g/mol. The standard InChI is InChI=1S/C11H13O/c1-10(2)8-9-12-11-6-4-3-5-7-11/h3-6,8H,9H2,1-2H3. The third kappa shape index (κ3) is 3.24. The summed E-state index contributed by atoms with van der Waals surface area (Å²) in [6.45, 7) is 4.74. The first kappa shape index (κ1) is 8.85. The maximum absolute atomic E-state index is 5.38. The molecule has 1 heteroatoms. The van der Waals surface area contributed by atoms with E-state index >= 15 is 0 Å². The summed E-state index contributed by atoms with van der Waals surface area (Å²) in [4.78, 5) is 0. The van der Waals surface area contributed by atoms with Crippen LogP contribution in [0, 0.1) is 6.07 Å². The van der Waals surface area contributed by atoms with Crippen molar-refractivity contribution in [3.63, 3.8) is 0 Å². The molecule has 0 heterocycles. The maximum atomic E-state index is 5.38. The van der Waals surface area contributed by atoms with Crippen molar-refractivity contribution in [3.05, 3.63) is 42.0 Å². The zero-order valence-corrected chi connectivity index (χ0v) is 7.50. The Morgan fingerprint density at radius 2 is 2.33 bits per heavy atom. The number of hydrogen-bond donors (Lipinski definition) is 0. The molecule has 63 valence electrons. The van der Waals surface area contributed by atoms with Crippen LogP contribution in [0.15, 0.2) is 35.9 Å². The molecule has 0 aromatic heterocycles. The van der Waals surface area contributed by atoms with E-state index in [4.69, 9.17) is 4.74 Å². The fraction of sp³-hybridized carbons (Fsp3) is 0.273. The molecule has 0 saturated heterocycles. The Labute approximate surface area is 73.7 Å². The summed E-state index contributed by atoms with van der Waals surface area (Å²) < 4.78 is 5.38. The Bertz CT molecular complexity index is 245. The van der Waals surface area contributed by atoms with Crippen LogP contribution in [0.1, 0.15) is 13.8 Å². The lowest BCUT2D eigenvalue weighted by Gasteiger charge is -2.01. The predicted molar refractivity (Wildman–Crippen MR) is 50.2 cm³/mol. The molecule has 0 bridgehead atoms. The highest BCUT2D eigenvalue weighted by Gasteiger charge is 1.87. The lowest BCUT2D eigenvalue weighted by Crippen LogP contribution is -1.93. The molecule has 0 aliphatic rings. The minimum absolute atomic E-state index is 0.628. The highest BCUT2D eigenvalue weighted by Crippen LogP contribution is 2.07. The highest BCUT2D eigenvalue weighted by atomic mass is 16.5. The Kier molecular flexibility index (Phi) is 3.39. The van der Waals surface area contributed by atoms with E-state index in [1.165, 1.54) is 5.57 Å². The highest BCUT2D eigenvalue weighted by molar-refractivity contribution is 5.19. The minimum atomic E-state index is 0.628. The van der Waals surface area contributed by atoms with Crippen LogP contribution in [0.2, 0.25) is 0 Å². The van der Waals surface area contributed by atoms with Gasteiger partial charge in [-0.3, -0.25) is 0 Å². The first-order chi connectivity index (χ1) is 5.79. The van der Waals surface area contributed by atoms with Gasteiger partial charge in [0.15, 0.2) is 0 Å². The second kappa shape index (κ2) is 4.60. The van der Waals surface area contributed by atoms with Gasteiger partial charge in [0.05, 0.1) is 0 Å². The van der Waals surface area contributed by atoms with Gasteiger partial charge in [0.25, 0.3) is 0 Å². The Hall–Kier alpha value is -1.24. The molecule has 0 spiro atoms. The van der Waals surface area contributed by atoms with Gasteiger partial charge in [-0.1, -0.05) is 23.8 Å². The number of allylic oxidation sites excluding steroid dienone is 1. The SMILES string of the molecule is CC(C)=CCOc1[c]cccc1. The van der Waals surface area contributed by atoms with Gasteiger partial charge < -0.3 is 4.74 Å². The number of ether oxygens (including phenoxy) is 1. The molecule has 0 N–H and O–H groups in total. The average molecular weight is 161 g/mol. The van der Waals surface area contributed by atoms with Crippen molar-refractivity contribution in [2.24, 2.45) is 0 Å². The van der Waals surface area contributed by atoms with E-state index in [0.29, 0.717) is 6.61 Å². The molecule has 0 amide bonds. The van der Waals surface area contributed by atoms with E-state index in [9.17, 15) is 0 Å². The summed E-state index contributed by atoms with van der Waals surface area (Å²) in [5, 5.41) is 0. The van der Waals surface area contributed by atoms with Gasteiger partial charge in [-0.05, 0) is 26.0 Å². The number of benzene rings is 1. The zero-order valence-electron chi connectivity index (χ0n) is 7.50. The van der Waals surface area contributed by atoms with Crippen molar-refractivity contribution in [2.75, 3.05) is 6.61 Å². The maximum Gasteiger partial charge on any atom is 0.127 e. The zero-order chi connectivity index (χ0) is 8.81. The topological polar surface area (TPSA) is 9.23 Å². The predicted octanol–water partition coefficient (Wildman–Crippen LogP) is 2.83. The summed E-state index contributed by atoms with van der Waals surface area (Å²) in [6.07, 6.45) is 2.04. The van der Waals surface area contributed by atoms with E-state index in [-0.39, 0.29) is 0 Å². The van der Waals surface area contributed by atoms with Crippen LogP contribution in [0.4, 0.5) is 0 Å². The second-order valence-electron chi connectivity index (χ2n) is 2.82. The first-order valence-electron chi connectivity index (χ1n) is 4.02. The number of hydrogen-bond acceptors (Lipinski definition) is 1. The first-order valence-corrected chi connectivity index (χ1v) is 4.02. The fourth-order valence-corrected chi connectivity index (χ4v) is 0.765. The molecule has 0 saturated carbocycles. The third-order valence-electron chi connectivity index (χ3n) is 1.41. The molecule has 0 aliphatic carbocycles. The van der Waals surface area contributed by atoms with Crippen LogP contribution in [-0.2, 0) is 0 Å². The van der Waals surface area contributed by atoms with Crippen LogP contribution >= 0.6 is 0 Å². The minimum Gasteiger partial charge on any atom is -0.489 e. The van der Waals surface area contributed by atoms with Crippen LogP contribution in [0.3, 0.4) is 0 Å². The van der Waals surface area contributed by atoms with E-state index in [2.05, 4.69) is 19.9 Å². The van der Waals surface area contributed by atoms with Crippen molar-refractivity contribution in [3.8, 4) is 5.75 Å². The van der Waals surface area contributed by atoms with Gasteiger partial charge in [-0.25, -0.2) is 0 Å². The largest absolute Gasteiger partial charge is 0.489 e. The van der Waals surface area contributed by atoms with Crippen molar-refractivity contribution in [2.45, 2.75) is 13.8 Å². The third-order valence-corrected chi connectivity index (χ3v) is 1.41. The quantitative estimate of drug-likeness (QED) is 0.619. The van der Waals surface area contributed by atoms with Crippen LogP contribution in [0.5, 0.6) is 5.75 Å². The Balaban J connectivity index is 2.39. The fourth-order valence-electron chi connectivity index (χ4n) is 0.765. The van der Waals surface area contributed by atoms with E-state index in [1.54, 1.807) is 0 Å². The average Bonchev–Trinajstić information content (AvgIpc) is 2.05. The molecule has 1 rings (SSSR count). The molecule has 1 aromatic carbocycles. The van der Waals surface area contributed by atoms with Crippen LogP contribution < -0.4 is 4.74 Å². The normalized spacial score (nSPS) is 9.17.